The minimum atomic E-state index is 0. The van der Waals surface area contributed by atoms with Crippen molar-refractivity contribution in [2.75, 3.05) is 0 Å². The van der Waals surface area contributed by atoms with Crippen LogP contribution in [0.25, 0.3) is 0 Å². The number of hydrogen-bond donors (Lipinski definition) is 0. The molecule has 10 valence electrons. The molecule has 0 fully saturated rings. The molecular formula is H3Al2ClLi+7. The minimum absolute atomic E-state index is 0. The Morgan fingerprint density at radius 2 is 1.00 bits per heavy atom. The molecule has 0 aliphatic carbocycles. The Morgan fingerprint density at radius 1 is 1.00 bits per heavy atom. The molecule has 0 spiro atoms. The van der Waals surface area contributed by atoms with E-state index in [9.17, 15) is 0 Å². The zero-order valence-electron chi connectivity index (χ0n) is 2.56. The minimum Gasteiger partial charge on any atom is -0.147 e. The van der Waals surface area contributed by atoms with E-state index >= 15 is 0 Å². The summed E-state index contributed by atoms with van der Waals surface area (Å²) < 4.78 is 0. The summed E-state index contributed by atoms with van der Waals surface area (Å²) in [6.07, 6.45) is 0. The van der Waals surface area contributed by atoms with Crippen molar-refractivity contribution < 1.29 is 20.3 Å². The van der Waals surface area contributed by atoms with E-state index in [-0.39, 0.29) is 67.4 Å². The summed E-state index contributed by atoms with van der Waals surface area (Å²) in [7, 11) is 0. The molecule has 0 radical (unpaired) electrons. The molecule has 0 aliphatic heterocycles. The van der Waals surface area contributed by atoms with Gasteiger partial charge in [-0.2, -0.15) is 0 Å². The topological polar surface area (TPSA) is 0 Å². The van der Waals surface area contributed by atoms with E-state index in [4.69, 9.17) is 0 Å². The van der Waals surface area contributed by atoms with Crippen molar-refractivity contribution in [2.45, 2.75) is 0 Å². The summed E-state index contributed by atoms with van der Waals surface area (Å²) >= 11 is 0. The van der Waals surface area contributed by atoms with E-state index in [2.05, 4.69) is 0 Å². The predicted octanol–water partition coefficient (Wildman–Crippen LogP) is -3.09. The van der Waals surface area contributed by atoms with Gasteiger partial charge in [-0.1, -0.05) is 0 Å². The van der Waals surface area contributed by atoms with Gasteiger partial charge < -0.3 is 0 Å². The SMILES string of the molecule is Cl.[Al+3].[Al+3].[HH].[Li+]. The molecule has 4 heteroatoms. The summed E-state index contributed by atoms with van der Waals surface area (Å²) in [4.78, 5) is 0. The van der Waals surface area contributed by atoms with Crippen LogP contribution in [0.15, 0.2) is 0 Å². The van der Waals surface area contributed by atoms with Crippen LogP contribution in [-0.4, -0.2) is 34.7 Å². The Hall–Kier alpha value is 1.95. The number of hydrogen-bond acceptors (Lipinski definition) is 0. The Morgan fingerprint density at radius 3 is 1.00 bits per heavy atom. The molecule has 0 aliphatic rings. The van der Waals surface area contributed by atoms with Crippen LogP contribution in [0.3, 0.4) is 0 Å². The molecule has 0 amide bonds. The van der Waals surface area contributed by atoms with Crippen molar-refractivity contribution in [3.05, 3.63) is 0 Å². The number of rotatable bonds is 0. The largest absolute Gasteiger partial charge is 3.00 e. The Kier molecular flexibility index (Phi) is 194. The van der Waals surface area contributed by atoms with Crippen LogP contribution in [0.1, 0.15) is 1.43 Å². The van der Waals surface area contributed by atoms with Crippen LogP contribution in [0.5, 0.6) is 0 Å². The van der Waals surface area contributed by atoms with Gasteiger partial charge in [0, 0.05) is 1.43 Å². The Bertz CT molecular complexity index is 9.61. The maximum Gasteiger partial charge on any atom is 3.00 e. The van der Waals surface area contributed by atoms with Crippen molar-refractivity contribution in [1.82, 2.24) is 0 Å². The van der Waals surface area contributed by atoms with Gasteiger partial charge in [-0.05, 0) is 0 Å². The monoisotopic (exact) mass is 99.0 g/mol. The first kappa shape index (κ1) is 38.3. The second kappa shape index (κ2) is 20.3. The molecule has 0 N–H and O–H groups in total. The zero-order valence-corrected chi connectivity index (χ0v) is 5.69. The third-order valence-electron chi connectivity index (χ3n) is 0. The molecule has 0 aromatic heterocycles. The maximum atomic E-state index is 0. The Labute approximate surface area is 67.1 Å². The molecule has 0 heterocycles. The van der Waals surface area contributed by atoms with Gasteiger partial charge in [0.15, 0.2) is 0 Å². The molecule has 0 saturated carbocycles. The molecule has 0 aromatic rings. The van der Waals surface area contributed by atoms with Gasteiger partial charge in [0.05, 0.1) is 0 Å². The summed E-state index contributed by atoms with van der Waals surface area (Å²) in [5.41, 5.74) is 0. The molecule has 0 nitrogen and oxygen atoms in total. The van der Waals surface area contributed by atoms with Gasteiger partial charge in [-0.25, -0.2) is 0 Å². The standard InChI is InChI=1S/2Al.ClH.Li.H2/h;;1H;;1H/q2*+3;;+1;. The fourth-order valence-electron chi connectivity index (χ4n) is 0. The van der Waals surface area contributed by atoms with Gasteiger partial charge in [-0.3, -0.25) is 0 Å². The quantitative estimate of drug-likeness (QED) is 0.283. The maximum absolute atomic E-state index is 0. The van der Waals surface area contributed by atoms with E-state index in [1.165, 1.54) is 0 Å². The average molecular weight is 99.4 g/mol. The van der Waals surface area contributed by atoms with Crippen molar-refractivity contribution in [1.29, 1.82) is 0 Å². The van der Waals surface area contributed by atoms with E-state index in [1.54, 1.807) is 0 Å². The third-order valence-corrected chi connectivity index (χ3v) is 0. The van der Waals surface area contributed by atoms with Gasteiger partial charge in [-0.15, -0.1) is 12.4 Å². The second-order valence-electron chi connectivity index (χ2n) is 0. The van der Waals surface area contributed by atoms with E-state index < -0.39 is 0 Å². The summed E-state index contributed by atoms with van der Waals surface area (Å²) in [6, 6.07) is 0. The van der Waals surface area contributed by atoms with Crippen molar-refractivity contribution in [2.24, 2.45) is 0 Å². The molecular weight excluding hydrogens is 96.4 g/mol. The van der Waals surface area contributed by atoms with E-state index in [1.807, 2.05) is 0 Å². The van der Waals surface area contributed by atoms with E-state index in [0.717, 1.165) is 0 Å². The fourth-order valence-corrected chi connectivity index (χ4v) is 0. The van der Waals surface area contributed by atoms with Crippen molar-refractivity contribution in [3.8, 4) is 0 Å². The number of halogens is 1. The zero-order chi connectivity index (χ0) is 0. The first-order chi connectivity index (χ1) is 0. The van der Waals surface area contributed by atoms with Crippen LogP contribution >= 0.6 is 12.4 Å². The van der Waals surface area contributed by atoms with Crippen molar-refractivity contribution >= 4 is 47.1 Å². The van der Waals surface area contributed by atoms with Crippen LogP contribution in [0.4, 0.5) is 0 Å². The fraction of sp³-hybridized carbons (Fsp3) is 0. The predicted molar refractivity (Wildman–Crippen MR) is 20.9 cm³/mol. The van der Waals surface area contributed by atoms with E-state index in [0.29, 0.717) is 0 Å². The molecule has 0 rings (SSSR count). The van der Waals surface area contributed by atoms with Crippen LogP contribution in [-0.2, 0) is 0 Å². The Balaban J connectivity index is 0. The van der Waals surface area contributed by atoms with Gasteiger partial charge in [0.2, 0.25) is 0 Å². The molecule has 0 aromatic carbocycles. The van der Waals surface area contributed by atoms with Gasteiger partial charge in [0.25, 0.3) is 0 Å². The normalized spacial score (nSPS) is 0. The van der Waals surface area contributed by atoms with Crippen LogP contribution in [0.2, 0.25) is 0 Å². The van der Waals surface area contributed by atoms with Gasteiger partial charge in [0.1, 0.15) is 0 Å². The second-order valence-corrected chi connectivity index (χ2v) is 0. The third kappa shape index (κ3) is 9.04. The van der Waals surface area contributed by atoms with Crippen LogP contribution < -0.4 is 18.9 Å². The smallest absolute Gasteiger partial charge is 0.147 e. The first-order valence-corrected chi connectivity index (χ1v) is 0. The van der Waals surface area contributed by atoms with Crippen LogP contribution in [0, 0.1) is 0 Å². The van der Waals surface area contributed by atoms with Crippen molar-refractivity contribution in [3.63, 3.8) is 0 Å². The summed E-state index contributed by atoms with van der Waals surface area (Å²) in [6.45, 7) is 0. The summed E-state index contributed by atoms with van der Waals surface area (Å²) in [5, 5.41) is 0. The summed E-state index contributed by atoms with van der Waals surface area (Å²) in [5.74, 6) is 0. The molecule has 0 saturated heterocycles. The molecule has 0 unspecified atom stereocenters. The molecule has 0 atom stereocenters. The van der Waals surface area contributed by atoms with Gasteiger partial charge >= 0.3 is 53.6 Å². The molecule has 0 bridgehead atoms. The first-order valence-electron chi connectivity index (χ1n) is 0. The molecule has 4 heavy (non-hydrogen) atoms. The average Bonchev–Trinajstić information content (AvgIpc) is 0.